The quantitative estimate of drug-likeness (QED) is 0.656. The van der Waals surface area contributed by atoms with E-state index in [2.05, 4.69) is 33.4 Å². The van der Waals surface area contributed by atoms with Gasteiger partial charge in [-0.25, -0.2) is 0 Å². The number of rotatable bonds is 3. The van der Waals surface area contributed by atoms with Crippen LogP contribution in [-0.4, -0.2) is 10.8 Å². The van der Waals surface area contributed by atoms with Crippen molar-refractivity contribution in [3.63, 3.8) is 0 Å². The van der Waals surface area contributed by atoms with Gasteiger partial charge >= 0.3 is 0 Å². The first-order valence-corrected chi connectivity index (χ1v) is 8.90. The summed E-state index contributed by atoms with van der Waals surface area (Å²) in [5.74, 6) is 1.03. The second-order valence-electron chi connectivity index (χ2n) is 5.99. The Balaban J connectivity index is 1.75. The average molecular weight is 397 g/mol. The molecule has 0 saturated carbocycles. The average Bonchev–Trinajstić information content (AvgIpc) is 3.19. The molecule has 4 nitrogen and oxygen atoms in total. The van der Waals surface area contributed by atoms with Gasteiger partial charge < -0.3 is 9.52 Å². The van der Waals surface area contributed by atoms with Crippen LogP contribution in [0.2, 0.25) is 0 Å². The molecule has 3 aromatic rings. The van der Waals surface area contributed by atoms with Crippen molar-refractivity contribution in [2.45, 2.75) is 18.6 Å². The summed E-state index contributed by atoms with van der Waals surface area (Å²) in [7, 11) is 0. The first-order valence-electron chi connectivity index (χ1n) is 8.10. The number of nitrogens with zero attached hydrogens (tertiary/aromatic N) is 1. The van der Waals surface area contributed by atoms with Crippen LogP contribution >= 0.6 is 15.9 Å². The van der Waals surface area contributed by atoms with Crippen molar-refractivity contribution < 1.29 is 9.52 Å². The number of phenolic OH excluding ortho intramolecular Hbond substituents is 1. The lowest BCUT2D eigenvalue weighted by Gasteiger charge is -2.29. The van der Waals surface area contributed by atoms with Crippen LogP contribution in [-0.2, 0) is 0 Å². The van der Waals surface area contributed by atoms with Crippen molar-refractivity contribution in [2.24, 2.45) is 4.99 Å². The smallest absolute Gasteiger partial charge is 0.159 e. The molecule has 2 N–H and O–H groups in total. The molecule has 0 aliphatic carbocycles. The van der Waals surface area contributed by atoms with Crippen molar-refractivity contribution in [3.05, 3.63) is 88.3 Å². The molecule has 4 rings (SSSR count). The van der Waals surface area contributed by atoms with Crippen LogP contribution in [0.4, 0.5) is 0 Å². The Morgan fingerprint density at radius 1 is 1.08 bits per heavy atom. The molecule has 5 heteroatoms. The third-order valence-corrected chi connectivity index (χ3v) is 4.82. The van der Waals surface area contributed by atoms with Gasteiger partial charge in [0.2, 0.25) is 0 Å². The van der Waals surface area contributed by atoms with E-state index in [0.29, 0.717) is 6.42 Å². The molecule has 0 spiro atoms. The van der Waals surface area contributed by atoms with Gasteiger partial charge in [0.25, 0.3) is 0 Å². The molecule has 0 bridgehead atoms. The summed E-state index contributed by atoms with van der Waals surface area (Å²) in [5.41, 5.74) is 2.92. The van der Waals surface area contributed by atoms with Crippen molar-refractivity contribution in [2.75, 3.05) is 0 Å². The predicted molar refractivity (Wildman–Crippen MR) is 101 cm³/mol. The molecule has 25 heavy (non-hydrogen) atoms. The van der Waals surface area contributed by atoms with Crippen molar-refractivity contribution in [3.8, 4) is 5.75 Å². The molecule has 0 amide bonds. The van der Waals surface area contributed by atoms with E-state index in [-0.39, 0.29) is 18.0 Å². The number of phenols is 1. The summed E-state index contributed by atoms with van der Waals surface area (Å²) in [4.78, 5) is 4.84. The molecular weight excluding hydrogens is 380 g/mol. The first kappa shape index (κ1) is 16.1. The van der Waals surface area contributed by atoms with E-state index in [0.717, 1.165) is 27.1 Å². The zero-order chi connectivity index (χ0) is 17.2. The van der Waals surface area contributed by atoms with Crippen molar-refractivity contribution >= 4 is 21.6 Å². The highest BCUT2D eigenvalue weighted by Gasteiger charge is 2.28. The van der Waals surface area contributed by atoms with Crippen LogP contribution in [0.1, 0.15) is 35.5 Å². The van der Waals surface area contributed by atoms with Crippen molar-refractivity contribution in [1.29, 1.82) is 0 Å². The van der Waals surface area contributed by atoms with Crippen LogP contribution in [0.15, 0.2) is 80.8 Å². The summed E-state index contributed by atoms with van der Waals surface area (Å²) >= 11 is 3.49. The van der Waals surface area contributed by atoms with E-state index in [9.17, 15) is 5.11 Å². The number of aliphatic imine (C=N–C) groups is 1. The third-order valence-electron chi connectivity index (χ3n) is 4.33. The highest BCUT2D eigenvalue weighted by molar-refractivity contribution is 9.10. The molecule has 2 heterocycles. The molecule has 0 saturated heterocycles. The Bertz CT molecular complexity index is 891. The second-order valence-corrected chi connectivity index (χ2v) is 6.90. The Labute approximate surface area is 154 Å². The molecular formula is C20H17BrN2O2. The normalized spacial score (nSPS) is 20.3. The Morgan fingerprint density at radius 2 is 1.92 bits per heavy atom. The standard InChI is InChI=1S/C20H17BrN2O2/c21-14-8-9-18(24)15(11-14)17-12-16(13-5-2-1-3-6-13)22-20(23-17)19-7-4-10-25-19/h1-11,17,20,23-24H,12H2. The number of halogens is 1. The first-order chi connectivity index (χ1) is 12.2. The van der Waals surface area contributed by atoms with Gasteiger partial charge in [-0.3, -0.25) is 10.3 Å². The van der Waals surface area contributed by atoms with E-state index in [4.69, 9.17) is 9.41 Å². The number of hydrogen-bond acceptors (Lipinski definition) is 4. The van der Waals surface area contributed by atoms with Crippen LogP contribution in [0.3, 0.4) is 0 Å². The predicted octanol–water partition coefficient (Wildman–Crippen LogP) is 4.97. The van der Waals surface area contributed by atoms with E-state index in [1.54, 1.807) is 12.3 Å². The summed E-state index contributed by atoms with van der Waals surface area (Å²) in [6.07, 6.45) is 2.04. The lowest BCUT2D eigenvalue weighted by molar-refractivity contribution is 0.364. The highest BCUT2D eigenvalue weighted by atomic mass is 79.9. The number of nitrogens with one attached hydrogen (secondary N) is 1. The zero-order valence-electron chi connectivity index (χ0n) is 13.4. The van der Waals surface area contributed by atoms with Crippen LogP contribution in [0.25, 0.3) is 0 Å². The summed E-state index contributed by atoms with van der Waals surface area (Å²) < 4.78 is 6.48. The molecule has 0 radical (unpaired) electrons. The number of hydrogen-bond donors (Lipinski definition) is 2. The molecule has 2 aromatic carbocycles. The minimum absolute atomic E-state index is 0.0692. The fraction of sp³-hybridized carbons (Fsp3) is 0.150. The van der Waals surface area contributed by atoms with Crippen LogP contribution in [0, 0.1) is 0 Å². The lowest BCUT2D eigenvalue weighted by Crippen LogP contribution is -2.32. The molecule has 1 aliphatic heterocycles. The minimum atomic E-state index is -0.290. The van der Waals surface area contributed by atoms with Crippen LogP contribution in [0.5, 0.6) is 5.75 Å². The highest BCUT2D eigenvalue weighted by Crippen LogP contribution is 2.35. The van der Waals surface area contributed by atoms with Gasteiger partial charge in [-0.15, -0.1) is 0 Å². The Morgan fingerprint density at radius 3 is 2.68 bits per heavy atom. The lowest BCUT2D eigenvalue weighted by atomic mass is 9.94. The third kappa shape index (κ3) is 3.38. The molecule has 2 atom stereocenters. The maximum absolute atomic E-state index is 10.3. The van der Waals surface area contributed by atoms with Gasteiger partial charge in [0, 0.05) is 28.2 Å². The van der Waals surface area contributed by atoms with Gasteiger partial charge in [-0.05, 0) is 35.9 Å². The fourth-order valence-corrected chi connectivity index (χ4v) is 3.49. The Hall–Kier alpha value is -2.37. The summed E-state index contributed by atoms with van der Waals surface area (Å²) in [6, 6.07) is 19.3. The molecule has 1 aliphatic rings. The maximum atomic E-state index is 10.3. The van der Waals surface area contributed by atoms with Crippen molar-refractivity contribution in [1.82, 2.24) is 5.32 Å². The number of aromatic hydroxyl groups is 1. The Kier molecular flexibility index (Phi) is 4.42. The van der Waals surface area contributed by atoms with Gasteiger partial charge in [-0.2, -0.15) is 0 Å². The van der Waals surface area contributed by atoms with Gasteiger partial charge in [0.1, 0.15) is 11.5 Å². The van der Waals surface area contributed by atoms with E-state index < -0.39 is 0 Å². The fourth-order valence-electron chi connectivity index (χ4n) is 3.11. The van der Waals surface area contributed by atoms with E-state index in [1.165, 1.54) is 0 Å². The number of furan rings is 1. The second kappa shape index (κ2) is 6.86. The minimum Gasteiger partial charge on any atom is -0.508 e. The van der Waals surface area contributed by atoms with E-state index in [1.807, 2.05) is 42.5 Å². The van der Waals surface area contributed by atoms with Crippen LogP contribution < -0.4 is 5.32 Å². The molecule has 2 unspecified atom stereocenters. The largest absolute Gasteiger partial charge is 0.508 e. The molecule has 1 aromatic heterocycles. The monoisotopic (exact) mass is 396 g/mol. The zero-order valence-corrected chi connectivity index (χ0v) is 15.0. The SMILES string of the molecule is Oc1ccc(Br)cc1C1CC(c2ccccc2)=NC(c2ccco2)N1. The molecule has 0 fully saturated rings. The van der Waals surface area contributed by atoms with Gasteiger partial charge in [-0.1, -0.05) is 46.3 Å². The van der Waals surface area contributed by atoms with Gasteiger partial charge in [0.15, 0.2) is 6.17 Å². The van der Waals surface area contributed by atoms with Gasteiger partial charge in [0.05, 0.1) is 6.26 Å². The summed E-state index contributed by atoms with van der Waals surface area (Å²) in [6.45, 7) is 0. The maximum Gasteiger partial charge on any atom is 0.159 e. The molecule has 126 valence electrons. The topological polar surface area (TPSA) is 57.8 Å². The number of benzene rings is 2. The van der Waals surface area contributed by atoms with E-state index >= 15 is 0 Å². The summed E-state index contributed by atoms with van der Waals surface area (Å²) in [5, 5.41) is 13.8.